The number of rotatable bonds is 5. The molecule has 0 N–H and O–H groups in total. The summed E-state index contributed by atoms with van der Waals surface area (Å²) in [5.74, 6) is -0.210. The molecule has 1 aromatic carbocycles. The third-order valence-corrected chi connectivity index (χ3v) is 5.25. The van der Waals surface area contributed by atoms with Gasteiger partial charge in [-0.2, -0.15) is 4.31 Å². The minimum Gasteiger partial charge on any atom is -0.314 e. The molecule has 1 amide bonds. The Bertz CT molecular complexity index is 580. The summed E-state index contributed by atoms with van der Waals surface area (Å²) < 4.78 is 25.3. The number of benzene rings is 1. The first-order valence-electron chi connectivity index (χ1n) is 7.18. The molecule has 6 heteroatoms. The van der Waals surface area contributed by atoms with E-state index in [0.717, 1.165) is 31.4 Å². The number of likely N-dealkylation sites (N-methyl/N-ethyl adjacent to an activating group) is 1. The summed E-state index contributed by atoms with van der Waals surface area (Å²) in [6.45, 7) is -0.0884. The smallest absolute Gasteiger partial charge is 0.242 e. The Morgan fingerprint density at radius 3 is 2.29 bits per heavy atom. The van der Waals surface area contributed by atoms with E-state index < -0.39 is 10.0 Å². The van der Waals surface area contributed by atoms with Crippen LogP contribution in [0.1, 0.15) is 25.7 Å². The minimum atomic E-state index is -3.37. The second-order valence-electron chi connectivity index (χ2n) is 5.53. The SMILES string of the molecule is CN(C(=O)CN(C1CCCC1)S(C)(=O)=O)c1ccccc1. The average molecular weight is 310 g/mol. The van der Waals surface area contributed by atoms with Gasteiger partial charge in [0, 0.05) is 18.8 Å². The number of carbonyl (C=O) groups excluding carboxylic acids is 1. The van der Waals surface area contributed by atoms with E-state index in [1.807, 2.05) is 30.3 Å². The fourth-order valence-corrected chi connectivity index (χ4v) is 3.84. The zero-order valence-corrected chi connectivity index (χ0v) is 13.3. The van der Waals surface area contributed by atoms with Gasteiger partial charge < -0.3 is 4.90 Å². The highest BCUT2D eigenvalue weighted by atomic mass is 32.2. The van der Waals surface area contributed by atoms with Crippen LogP contribution in [0.15, 0.2) is 30.3 Å². The molecule has 0 bridgehead atoms. The molecule has 1 aliphatic rings. The summed E-state index contributed by atoms with van der Waals surface area (Å²) in [6, 6.07) is 9.21. The van der Waals surface area contributed by atoms with Gasteiger partial charge in [-0.25, -0.2) is 8.42 Å². The van der Waals surface area contributed by atoms with E-state index >= 15 is 0 Å². The summed E-state index contributed by atoms with van der Waals surface area (Å²) >= 11 is 0. The molecule has 0 spiro atoms. The largest absolute Gasteiger partial charge is 0.314 e. The lowest BCUT2D eigenvalue weighted by molar-refractivity contribution is -0.118. The van der Waals surface area contributed by atoms with E-state index in [1.54, 1.807) is 7.05 Å². The molecule has 0 saturated heterocycles. The molecule has 0 atom stereocenters. The van der Waals surface area contributed by atoms with Crippen LogP contribution in [0.4, 0.5) is 5.69 Å². The van der Waals surface area contributed by atoms with Crippen LogP contribution in [-0.2, 0) is 14.8 Å². The van der Waals surface area contributed by atoms with Gasteiger partial charge in [-0.3, -0.25) is 4.79 Å². The summed E-state index contributed by atoms with van der Waals surface area (Å²) in [5.41, 5.74) is 0.766. The Labute approximate surface area is 126 Å². The first-order valence-corrected chi connectivity index (χ1v) is 9.03. The van der Waals surface area contributed by atoms with Crippen LogP contribution in [0.25, 0.3) is 0 Å². The van der Waals surface area contributed by atoms with Crippen molar-refractivity contribution >= 4 is 21.6 Å². The number of amides is 1. The Morgan fingerprint density at radius 1 is 1.19 bits per heavy atom. The van der Waals surface area contributed by atoms with E-state index in [1.165, 1.54) is 15.5 Å². The molecule has 1 aliphatic carbocycles. The van der Waals surface area contributed by atoms with E-state index in [-0.39, 0.29) is 18.5 Å². The van der Waals surface area contributed by atoms with Crippen molar-refractivity contribution in [3.8, 4) is 0 Å². The molecule has 0 unspecified atom stereocenters. The van der Waals surface area contributed by atoms with Crippen molar-refractivity contribution in [3.63, 3.8) is 0 Å². The van der Waals surface area contributed by atoms with Crippen LogP contribution < -0.4 is 4.90 Å². The van der Waals surface area contributed by atoms with Crippen molar-refractivity contribution in [2.24, 2.45) is 0 Å². The van der Waals surface area contributed by atoms with Gasteiger partial charge in [0.15, 0.2) is 0 Å². The lowest BCUT2D eigenvalue weighted by atomic mass is 10.2. The highest BCUT2D eigenvalue weighted by Crippen LogP contribution is 2.25. The molecule has 21 heavy (non-hydrogen) atoms. The molecule has 0 aliphatic heterocycles. The fourth-order valence-electron chi connectivity index (χ4n) is 2.74. The number of carbonyl (C=O) groups is 1. The average Bonchev–Trinajstić information content (AvgIpc) is 2.97. The van der Waals surface area contributed by atoms with E-state index in [4.69, 9.17) is 0 Å². The van der Waals surface area contributed by atoms with Crippen LogP contribution in [0, 0.1) is 0 Å². The van der Waals surface area contributed by atoms with Crippen molar-refractivity contribution in [2.45, 2.75) is 31.7 Å². The molecule has 0 radical (unpaired) electrons. The van der Waals surface area contributed by atoms with Crippen molar-refractivity contribution in [2.75, 3.05) is 24.7 Å². The molecule has 2 rings (SSSR count). The van der Waals surface area contributed by atoms with Gasteiger partial charge >= 0.3 is 0 Å². The molecule has 116 valence electrons. The second kappa shape index (κ2) is 6.58. The van der Waals surface area contributed by atoms with E-state index in [2.05, 4.69) is 0 Å². The predicted molar refractivity (Wildman–Crippen MR) is 83.7 cm³/mol. The molecular weight excluding hydrogens is 288 g/mol. The third kappa shape index (κ3) is 4.04. The Kier molecular flexibility index (Phi) is 5.00. The number of anilines is 1. The standard InChI is InChI=1S/C15H22N2O3S/c1-16(13-8-4-3-5-9-13)15(18)12-17(21(2,19)20)14-10-6-7-11-14/h3-5,8-9,14H,6-7,10-12H2,1-2H3. The summed E-state index contributed by atoms with van der Waals surface area (Å²) in [6.07, 6.45) is 4.92. The van der Waals surface area contributed by atoms with Crippen molar-refractivity contribution in [1.82, 2.24) is 4.31 Å². The number of hydrogen-bond acceptors (Lipinski definition) is 3. The van der Waals surface area contributed by atoms with Gasteiger partial charge in [0.25, 0.3) is 0 Å². The van der Waals surface area contributed by atoms with E-state index in [9.17, 15) is 13.2 Å². The molecular formula is C15H22N2O3S. The van der Waals surface area contributed by atoms with Crippen LogP contribution in [0.3, 0.4) is 0 Å². The highest BCUT2D eigenvalue weighted by Gasteiger charge is 2.31. The Hall–Kier alpha value is -1.40. The van der Waals surface area contributed by atoms with Crippen molar-refractivity contribution in [1.29, 1.82) is 0 Å². The van der Waals surface area contributed by atoms with Gasteiger partial charge in [-0.15, -0.1) is 0 Å². The highest BCUT2D eigenvalue weighted by molar-refractivity contribution is 7.88. The van der Waals surface area contributed by atoms with Gasteiger partial charge in [-0.1, -0.05) is 31.0 Å². The molecule has 0 heterocycles. The molecule has 5 nitrogen and oxygen atoms in total. The fraction of sp³-hybridized carbons (Fsp3) is 0.533. The normalized spacial score (nSPS) is 16.3. The monoisotopic (exact) mass is 310 g/mol. The number of sulfonamides is 1. The van der Waals surface area contributed by atoms with Crippen LogP contribution in [0.2, 0.25) is 0 Å². The number of para-hydroxylation sites is 1. The predicted octanol–water partition coefficient (Wildman–Crippen LogP) is 1.85. The lowest BCUT2D eigenvalue weighted by Gasteiger charge is -2.28. The molecule has 0 aromatic heterocycles. The van der Waals surface area contributed by atoms with Crippen LogP contribution in [-0.4, -0.2) is 44.5 Å². The summed E-state index contributed by atoms with van der Waals surface area (Å²) in [5, 5.41) is 0. The zero-order chi connectivity index (χ0) is 15.5. The first-order chi connectivity index (χ1) is 9.89. The third-order valence-electron chi connectivity index (χ3n) is 3.97. The minimum absolute atomic E-state index is 0.0341. The van der Waals surface area contributed by atoms with Gasteiger partial charge in [0.05, 0.1) is 12.8 Å². The Morgan fingerprint density at radius 2 is 1.76 bits per heavy atom. The van der Waals surface area contributed by atoms with Crippen molar-refractivity contribution in [3.05, 3.63) is 30.3 Å². The number of nitrogens with zero attached hydrogens (tertiary/aromatic N) is 2. The van der Waals surface area contributed by atoms with Crippen molar-refractivity contribution < 1.29 is 13.2 Å². The molecule has 1 saturated carbocycles. The second-order valence-corrected chi connectivity index (χ2v) is 7.47. The number of hydrogen-bond donors (Lipinski definition) is 0. The topological polar surface area (TPSA) is 57.7 Å². The first kappa shape index (κ1) is 16.0. The summed E-state index contributed by atoms with van der Waals surface area (Å²) in [4.78, 5) is 13.9. The van der Waals surface area contributed by atoms with Crippen LogP contribution >= 0.6 is 0 Å². The van der Waals surface area contributed by atoms with Gasteiger partial charge in [0.1, 0.15) is 0 Å². The quantitative estimate of drug-likeness (QED) is 0.834. The zero-order valence-electron chi connectivity index (χ0n) is 12.5. The molecule has 1 fully saturated rings. The van der Waals surface area contributed by atoms with Gasteiger partial charge in [0.2, 0.25) is 15.9 Å². The molecule has 1 aromatic rings. The summed E-state index contributed by atoms with van der Waals surface area (Å²) in [7, 11) is -1.70. The van der Waals surface area contributed by atoms with E-state index in [0.29, 0.717) is 0 Å². The Balaban J connectivity index is 2.11. The maximum Gasteiger partial charge on any atom is 0.242 e. The maximum absolute atomic E-state index is 12.4. The van der Waals surface area contributed by atoms with Crippen LogP contribution in [0.5, 0.6) is 0 Å². The lowest BCUT2D eigenvalue weighted by Crippen LogP contribution is -2.45. The maximum atomic E-state index is 12.4. The van der Waals surface area contributed by atoms with Gasteiger partial charge in [-0.05, 0) is 25.0 Å².